The summed E-state index contributed by atoms with van der Waals surface area (Å²) in [6, 6.07) is 7.84. The van der Waals surface area contributed by atoms with Crippen LogP contribution in [0.3, 0.4) is 0 Å². The quantitative estimate of drug-likeness (QED) is 0.809. The van der Waals surface area contributed by atoms with Crippen LogP contribution in [0.1, 0.15) is 11.1 Å². The van der Waals surface area contributed by atoms with Gasteiger partial charge in [-0.05, 0) is 23.3 Å². The Hall–Kier alpha value is -2.74. The molecule has 0 fully saturated rings. The van der Waals surface area contributed by atoms with Gasteiger partial charge in [-0.3, -0.25) is 4.79 Å². The molecule has 0 atom stereocenters. The van der Waals surface area contributed by atoms with Gasteiger partial charge >= 0.3 is 0 Å². The number of anilines is 2. The monoisotopic (exact) mass is 252 g/mol. The summed E-state index contributed by atoms with van der Waals surface area (Å²) in [5.41, 5.74) is 9.72. The fourth-order valence-electron chi connectivity index (χ4n) is 2.43. The first-order valence-corrected chi connectivity index (χ1v) is 5.88. The van der Waals surface area contributed by atoms with Crippen molar-refractivity contribution >= 4 is 17.4 Å². The SMILES string of the molecule is CN1C(=O)Cc2cc(-c3c[nH]c(N)c3C#N)ccc21. The van der Waals surface area contributed by atoms with Gasteiger partial charge in [0.15, 0.2) is 0 Å². The lowest BCUT2D eigenvalue weighted by atomic mass is 10.0. The molecule has 19 heavy (non-hydrogen) atoms. The van der Waals surface area contributed by atoms with E-state index in [1.165, 1.54) is 0 Å². The van der Waals surface area contributed by atoms with Crippen LogP contribution in [0.15, 0.2) is 24.4 Å². The van der Waals surface area contributed by atoms with Crippen molar-refractivity contribution in [1.29, 1.82) is 5.26 Å². The minimum atomic E-state index is 0.0845. The second-order valence-electron chi connectivity index (χ2n) is 4.58. The number of likely N-dealkylation sites (N-methyl/N-ethyl adjacent to an activating group) is 1. The lowest BCUT2D eigenvalue weighted by Gasteiger charge is -2.10. The van der Waals surface area contributed by atoms with Crippen molar-refractivity contribution in [3.8, 4) is 17.2 Å². The van der Waals surface area contributed by atoms with Gasteiger partial charge in [-0.25, -0.2) is 0 Å². The first-order chi connectivity index (χ1) is 9.11. The maximum Gasteiger partial charge on any atom is 0.231 e. The third-order valence-electron chi connectivity index (χ3n) is 3.49. The molecule has 1 aliphatic rings. The summed E-state index contributed by atoms with van der Waals surface area (Å²) >= 11 is 0. The Bertz CT molecular complexity index is 724. The molecule has 1 aliphatic heterocycles. The zero-order chi connectivity index (χ0) is 13.6. The second kappa shape index (κ2) is 3.89. The molecular formula is C14H12N4O. The Balaban J connectivity index is 2.12. The smallest absolute Gasteiger partial charge is 0.231 e. The van der Waals surface area contributed by atoms with E-state index in [-0.39, 0.29) is 5.91 Å². The summed E-state index contributed by atoms with van der Waals surface area (Å²) in [7, 11) is 1.77. The molecule has 0 saturated carbocycles. The first kappa shape index (κ1) is 11.4. The standard InChI is InChI=1S/C14H12N4O/c1-18-12-3-2-8(4-9(12)5-13(18)19)11-7-17-14(16)10(11)6-15/h2-4,7,17H,5,16H2,1H3. The topological polar surface area (TPSA) is 85.9 Å². The van der Waals surface area contributed by atoms with Crippen LogP contribution in [0.25, 0.3) is 11.1 Å². The summed E-state index contributed by atoms with van der Waals surface area (Å²) in [5.74, 6) is 0.451. The molecule has 1 aromatic carbocycles. The maximum absolute atomic E-state index is 11.7. The van der Waals surface area contributed by atoms with Crippen LogP contribution in [-0.2, 0) is 11.2 Å². The number of aromatic nitrogens is 1. The van der Waals surface area contributed by atoms with Gasteiger partial charge in [-0.1, -0.05) is 6.07 Å². The number of benzene rings is 1. The van der Waals surface area contributed by atoms with Gasteiger partial charge in [0.05, 0.1) is 6.42 Å². The van der Waals surface area contributed by atoms with Crippen molar-refractivity contribution in [3.05, 3.63) is 35.5 Å². The Kier molecular flexibility index (Phi) is 2.32. The largest absolute Gasteiger partial charge is 0.384 e. The zero-order valence-electron chi connectivity index (χ0n) is 10.4. The fourth-order valence-corrected chi connectivity index (χ4v) is 2.43. The van der Waals surface area contributed by atoms with Crippen LogP contribution in [0.4, 0.5) is 11.5 Å². The Morgan fingerprint density at radius 1 is 1.47 bits per heavy atom. The predicted octanol–water partition coefficient (Wildman–Crippen LogP) is 1.65. The summed E-state index contributed by atoms with van der Waals surface area (Å²) < 4.78 is 0. The highest BCUT2D eigenvalue weighted by Crippen LogP contribution is 2.34. The van der Waals surface area contributed by atoms with Gasteiger partial charge in [0.2, 0.25) is 5.91 Å². The minimum absolute atomic E-state index is 0.0845. The van der Waals surface area contributed by atoms with Crippen LogP contribution in [0, 0.1) is 11.3 Å². The number of hydrogen-bond donors (Lipinski definition) is 2. The molecule has 5 nitrogen and oxygen atoms in total. The van der Waals surface area contributed by atoms with E-state index >= 15 is 0 Å². The van der Waals surface area contributed by atoms with Gasteiger partial charge in [0.1, 0.15) is 17.5 Å². The van der Waals surface area contributed by atoms with Crippen LogP contribution >= 0.6 is 0 Å². The third kappa shape index (κ3) is 1.58. The van der Waals surface area contributed by atoms with Crippen molar-refractivity contribution in [1.82, 2.24) is 4.98 Å². The van der Waals surface area contributed by atoms with E-state index in [0.717, 1.165) is 22.4 Å². The van der Waals surface area contributed by atoms with E-state index in [0.29, 0.717) is 17.8 Å². The number of aromatic amines is 1. The van der Waals surface area contributed by atoms with Crippen molar-refractivity contribution in [2.45, 2.75) is 6.42 Å². The number of nitrogen functional groups attached to an aromatic ring is 1. The van der Waals surface area contributed by atoms with E-state index in [1.54, 1.807) is 18.1 Å². The van der Waals surface area contributed by atoms with Crippen molar-refractivity contribution < 1.29 is 4.79 Å². The number of rotatable bonds is 1. The van der Waals surface area contributed by atoms with Crippen molar-refractivity contribution in [3.63, 3.8) is 0 Å². The number of nitrogens with one attached hydrogen (secondary N) is 1. The lowest BCUT2D eigenvalue weighted by molar-refractivity contribution is -0.117. The molecular weight excluding hydrogens is 240 g/mol. The van der Waals surface area contributed by atoms with Gasteiger partial charge in [-0.2, -0.15) is 5.26 Å². The number of carbonyl (C=O) groups excluding carboxylic acids is 1. The third-order valence-corrected chi connectivity index (χ3v) is 3.49. The molecule has 0 spiro atoms. The summed E-state index contributed by atoms with van der Waals surface area (Å²) in [6.45, 7) is 0. The molecule has 1 aromatic heterocycles. The van der Waals surface area contributed by atoms with Gasteiger partial charge in [-0.15, -0.1) is 0 Å². The number of amides is 1. The highest BCUT2D eigenvalue weighted by atomic mass is 16.2. The van der Waals surface area contributed by atoms with E-state index in [1.807, 2.05) is 18.2 Å². The molecule has 0 unspecified atom stereocenters. The highest BCUT2D eigenvalue weighted by molar-refractivity contribution is 6.01. The molecule has 3 N–H and O–H groups in total. The van der Waals surface area contributed by atoms with Crippen molar-refractivity contribution in [2.24, 2.45) is 0 Å². The number of nitriles is 1. The summed E-state index contributed by atoms with van der Waals surface area (Å²) in [5, 5.41) is 9.11. The number of nitrogens with two attached hydrogens (primary N) is 1. The van der Waals surface area contributed by atoms with Gasteiger partial charge in [0.25, 0.3) is 0 Å². The molecule has 0 radical (unpaired) electrons. The second-order valence-corrected chi connectivity index (χ2v) is 4.58. The Morgan fingerprint density at radius 3 is 3.00 bits per heavy atom. The van der Waals surface area contributed by atoms with E-state index in [9.17, 15) is 4.79 Å². The van der Waals surface area contributed by atoms with E-state index in [2.05, 4.69) is 11.1 Å². The number of fused-ring (bicyclic) bond motifs is 1. The van der Waals surface area contributed by atoms with Crippen LogP contribution < -0.4 is 10.6 Å². The molecule has 2 aromatic rings. The number of H-pyrrole nitrogens is 1. The average Bonchev–Trinajstić information content (AvgIpc) is 2.90. The average molecular weight is 252 g/mol. The Labute approximate surface area is 110 Å². The lowest BCUT2D eigenvalue weighted by Crippen LogP contribution is -2.20. The van der Waals surface area contributed by atoms with E-state index < -0.39 is 0 Å². The van der Waals surface area contributed by atoms with Crippen molar-refractivity contribution in [2.75, 3.05) is 17.7 Å². The minimum Gasteiger partial charge on any atom is -0.384 e. The molecule has 2 heterocycles. The first-order valence-electron chi connectivity index (χ1n) is 5.88. The molecule has 0 saturated heterocycles. The molecule has 1 amide bonds. The Morgan fingerprint density at radius 2 is 2.26 bits per heavy atom. The number of nitrogens with zero attached hydrogens (tertiary/aromatic N) is 2. The summed E-state index contributed by atoms with van der Waals surface area (Å²) in [6.07, 6.45) is 2.12. The van der Waals surface area contributed by atoms with E-state index in [4.69, 9.17) is 11.0 Å². The molecule has 0 aliphatic carbocycles. The fraction of sp³-hybridized carbons (Fsp3) is 0.143. The van der Waals surface area contributed by atoms with Crippen LogP contribution in [-0.4, -0.2) is 17.9 Å². The molecule has 3 rings (SSSR count). The molecule has 0 bridgehead atoms. The van der Waals surface area contributed by atoms with Crippen LogP contribution in [0.5, 0.6) is 0 Å². The van der Waals surface area contributed by atoms with Gasteiger partial charge < -0.3 is 15.6 Å². The zero-order valence-corrected chi connectivity index (χ0v) is 10.4. The molecule has 5 heteroatoms. The highest BCUT2D eigenvalue weighted by Gasteiger charge is 2.24. The summed E-state index contributed by atoms with van der Waals surface area (Å²) in [4.78, 5) is 16.2. The number of carbonyl (C=O) groups is 1. The van der Waals surface area contributed by atoms with Gasteiger partial charge in [0, 0.05) is 24.5 Å². The molecule has 94 valence electrons. The normalized spacial score (nSPS) is 13.5. The predicted molar refractivity (Wildman–Crippen MR) is 72.5 cm³/mol. The number of hydrogen-bond acceptors (Lipinski definition) is 3. The maximum atomic E-state index is 11.7. The van der Waals surface area contributed by atoms with Crippen LogP contribution in [0.2, 0.25) is 0 Å².